The third-order valence-corrected chi connectivity index (χ3v) is 9.06. The number of nitrogens with zero attached hydrogens (tertiary/aromatic N) is 2. The minimum absolute atomic E-state index is 0.0905. The Morgan fingerprint density at radius 1 is 1.00 bits per heavy atom. The molecule has 0 fully saturated rings. The van der Waals surface area contributed by atoms with Crippen LogP contribution in [0.3, 0.4) is 0 Å². The Kier molecular flexibility index (Phi) is 7.87. The topological polar surface area (TPSA) is 40.8 Å². The van der Waals surface area contributed by atoms with Gasteiger partial charge >= 0.3 is 0 Å². The molecule has 2 aliphatic rings. The van der Waals surface area contributed by atoms with Crippen LogP contribution in [0.5, 0.6) is 0 Å². The fourth-order valence-corrected chi connectivity index (χ4v) is 7.46. The van der Waals surface area contributed by atoms with Gasteiger partial charge in [-0.15, -0.1) is 0 Å². The van der Waals surface area contributed by atoms with Gasteiger partial charge in [0.1, 0.15) is 11.7 Å². The standard InChI is InChI=1S/C37H45N3O/c1-22(2)35(23(3)4)31-21-40-26(7)37-30-15-11-10-14-29(30)32-16-12-13-19-39(32)33(37)18-17-24(5)36(27(8)41-28(9)38)34(40)20-25(31)6/h10-16,19-23,33,35,37-38H,7-8,17-18H2,1-6,9H3/q+2/b36-24-,38-28?. The number of hydrogen-bond acceptors (Lipinski definition) is 2. The van der Waals surface area contributed by atoms with E-state index in [0.717, 1.165) is 29.8 Å². The van der Waals surface area contributed by atoms with Crippen molar-refractivity contribution in [1.82, 2.24) is 0 Å². The molecule has 0 saturated heterocycles. The van der Waals surface area contributed by atoms with Gasteiger partial charge in [-0.1, -0.05) is 58.0 Å². The maximum Gasteiger partial charge on any atom is 0.222 e. The Hall–Kier alpha value is -3.79. The molecule has 0 aliphatic carbocycles. The molecule has 4 heteroatoms. The molecular weight excluding hydrogens is 502 g/mol. The molecule has 0 radical (unpaired) electrons. The van der Waals surface area contributed by atoms with E-state index in [1.807, 2.05) is 0 Å². The lowest BCUT2D eigenvalue weighted by Crippen LogP contribution is -2.51. The van der Waals surface area contributed by atoms with Crippen LogP contribution in [0.25, 0.3) is 22.5 Å². The van der Waals surface area contributed by atoms with Crippen LogP contribution in [0.15, 0.2) is 85.4 Å². The molecule has 3 aromatic rings. The average molecular weight is 548 g/mol. The quantitative estimate of drug-likeness (QED) is 0.148. The highest BCUT2D eigenvalue weighted by atomic mass is 16.5. The van der Waals surface area contributed by atoms with Crippen molar-refractivity contribution in [1.29, 1.82) is 5.41 Å². The predicted octanol–water partition coefficient (Wildman–Crippen LogP) is 8.54. The molecule has 4 heterocycles. The zero-order valence-corrected chi connectivity index (χ0v) is 25.8. The maximum absolute atomic E-state index is 8.06. The zero-order chi connectivity index (χ0) is 29.6. The average Bonchev–Trinajstić information content (AvgIpc) is 2.95. The third-order valence-electron chi connectivity index (χ3n) is 9.06. The smallest absolute Gasteiger partial charge is 0.222 e. The molecule has 41 heavy (non-hydrogen) atoms. The van der Waals surface area contributed by atoms with Crippen molar-refractivity contribution < 1.29 is 13.9 Å². The van der Waals surface area contributed by atoms with Gasteiger partial charge in [0.2, 0.25) is 11.4 Å². The summed E-state index contributed by atoms with van der Waals surface area (Å²) in [5, 5.41) is 8.06. The number of aryl methyl sites for hydroxylation is 1. The van der Waals surface area contributed by atoms with Gasteiger partial charge < -0.3 is 4.74 Å². The van der Waals surface area contributed by atoms with Crippen LogP contribution < -0.4 is 9.13 Å². The molecule has 0 amide bonds. The van der Waals surface area contributed by atoms with Crippen LogP contribution in [0, 0.1) is 24.2 Å². The fourth-order valence-electron chi connectivity index (χ4n) is 7.46. The minimum atomic E-state index is 0.0905. The summed E-state index contributed by atoms with van der Waals surface area (Å²) in [6.07, 6.45) is 6.42. The molecule has 2 aromatic heterocycles. The Balaban J connectivity index is 1.82. The molecule has 2 atom stereocenters. The van der Waals surface area contributed by atoms with E-state index in [0.29, 0.717) is 23.5 Å². The molecule has 0 bridgehead atoms. The summed E-state index contributed by atoms with van der Waals surface area (Å²) in [5.74, 6) is 2.16. The molecular formula is C37H45N3O+2. The highest BCUT2D eigenvalue weighted by Crippen LogP contribution is 2.46. The van der Waals surface area contributed by atoms with Gasteiger partial charge in [0.05, 0.1) is 11.1 Å². The van der Waals surface area contributed by atoms with Crippen molar-refractivity contribution in [3.8, 4) is 11.3 Å². The van der Waals surface area contributed by atoms with Gasteiger partial charge in [-0.05, 0) is 67.9 Å². The monoisotopic (exact) mass is 547 g/mol. The fraction of sp³-hybridized carbons (Fsp3) is 0.378. The summed E-state index contributed by atoms with van der Waals surface area (Å²) in [7, 11) is 0. The van der Waals surface area contributed by atoms with Gasteiger partial charge in [-0.3, -0.25) is 5.41 Å². The van der Waals surface area contributed by atoms with Crippen LogP contribution in [-0.4, -0.2) is 5.90 Å². The highest BCUT2D eigenvalue weighted by molar-refractivity contribution is 5.81. The highest BCUT2D eigenvalue weighted by Gasteiger charge is 2.46. The number of pyridine rings is 2. The van der Waals surface area contributed by atoms with Crippen LogP contribution in [0.4, 0.5) is 0 Å². The summed E-state index contributed by atoms with van der Waals surface area (Å²) >= 11 is 0. The van der Waals surface area contributed by atoms with Crippen LogP contribution >= 0.6 is 0 Å². The molecule has 2 aliphatic heterocycles. The third kappa shape index (κ3) is 5.09. The van der Waals surface area contributed by atoms with Gasteiger partial charge in [-0.25, -0.2) is 0 Å². The Morgan fingerprint density at radius 3 is 2.37 bits per heavy atom. The number of hydrogen-bond donors (Lipinski definition) is 1. The molecule has 5 rings (SSSR count). The summed E-state index contributed by atoms with van der Waals surface area (Å²) in [5.41, 5.74) is 10.7. The number of aromatic nitrogens is 2. The van der Waals surface area contributed by atoms with E-state index in [4.69, 9.17) is 16.7 Å². The van der Waals surface area contributed by atoms with Crippen LogP contribution in [0.2, 0.25) is 0 Å². The molecule has 0 saturated carbocycles. The SMILES string of the molecule is C=C(OC(C)=N)/C1=C(\C)CCC2C(C(=C)[n+]3cc(C(C(C)C)C(C)C)c(C)cc31)c1ccccc1-c1cccc[n+]12. The van der Waals surface area contributed by atoms with Crippen molar-refractivity contribution >= 4 is 17.2 Å². The Morgan fingerprint density at radius 2 is 1.68 bits per heavy atom. The maximum atomic E-state index is 8.06. The molecule has 2 unspecified atom stereocenters. The summed E-state index contributed by atoms with van der Waals surface area (Å²) in [6.45, 7) is 24.6. The lowest BCUT2D eigenvalue weighted by Gasteiger charge is -2.30. The van der Waals surface area contributed by atoms with Crippen LogP contribution in [-0.2, 0) is 4.74 Å². The molecule has 212 valence electrons. The van der Waals surface area contributed by atoms with Crippen LogP contribution in [0.1, 0.15) is 94.6 Å². The normalized spacial score (nSPS) is 20.0. The van der Waals surface area contributed by atoms with Gasteiger partial charge in [0.15, 0.2) is 30.0 Å². The second-order valence-electron chi connectivity index (χ2n) is 12.6. The lowest BCUT2D eigenvalue weighted by atomic mass is 9.78. The number of benzene rings is 1. The van der Waals surface area contributed by atoms with Crippen molar-refractivity contribution in [2.45, 2.75) is 79.2 Å². The lowest BCUT2D eigenvalue weighted by molar-refractivity contribution is -0.720. The Bertz CT molecular complexity index is 1570. The number of nitrogens with one attached hydrogen (secondary N) is 1. The number of allylic oxidation sites excluding steroid dienone is 3. The first kappa shape index (κ1) is 28.7. The zero-order valence-electron chi connectivity index (χ0n) is 25.8. The first-order valence-electron chi connectivity index (χ1n) is 15.0. The van der Waals surface area contributed by atoms with Crippen molar-refractivity contribution in [3.63, 3.8) is 0 Å². The van der Waals surface area contributed by atoms with E-state index >= 15 is 0 Å². The molecule has 4 nitrogen and oxygen atoms in total. The molecule has 0 spiro atoms. The second-order valence-corrected chi connectivity index (χ2v) is 12.6. The van der Waals surface area contributed by atoms with Gasteiger partial charge in [0, 0.05) is 37.1 Å². The second kappa shape index (κ2) is 11.2. The van der Waals surface area contributed by atoms with Gasteiger partial charge in [0.25, 0.3) is 0 Å². The van der Waals surface area contributed by atoms with E-state index in [-0.39, 0.29) is 17.9 Å². The van der Waals surface area contributed by atoms with E-state index in [9.17, 15) is 0 Å². The first-order chi connectivity index (χ1) is 19.5. The number of fused-ring (bicyclic) bond motifs is 7. The first-order valence-corrected chi connectivity index (χ1v) is 15.0. The minimum Gasteiger partial charge on any atom is -0.444 e. The predicted molar refractivity (Wildman–Crippen MR) is 168 cm³/mol. The summed E-state index contributed by atoms with van der Waals surface area (Å²) in [6, 6.07) is 17.8. The van der Waals surface area contributed by atoms with E-state index in [1.54, 1.807) is 6.92 Å². The Labute approximate surface area is 246 Å². The van der Waals surface area contributed by atoms with Gasteiger partial charge in [-0.2, -0.15) is 9.13 Å². The van der Waals surface area contributed by atoms with Crippen molar-refractivity contribution in [2.24, 2.45) is 11.8 Å². The summed E-state index contributed by atoms with van der Waals surface area (Å²) < 4.78 is 10.7. The van der Waals surface area contributed by atoms with E-state index < -0.39 is 0 Å². The largest absolute Gasteiger partial charge is 0.444 e. The van der Waals surface area contributed by atoms with E-state index in [2.05, 4.69) is 118 Å². The molecule has 1 N–H and O–H groups in total. The van der Waals surface area contributed by atoms with Crippen molar-refractivity contribution in [3.05, 3.63) is 108 Å². The number of ether oxygens (including phenoxy) is 1. The number of rotatable bonds is 5. The van der Waals surface area contributed by atoms with E-state index in [1.165, 1.54) is 33.5 Å². The molecule has 1 aromatic carbocycles. The van der Waals surface area contributed by atoms with Crippen molar-refractivity contribution in [2.75, 3.05) is 0 Å². The summed E-state index contributed by atoms with van der Waals surface area (Å²) in [4.78, 5) is 0.